The van der Waals surface area contributed by atoms with Crippen molar-refractivity contribution in [1.82, 2.24) is 0 Å². The Kier molecular flexibility index (Phi) is 4.94. The standard InChI is InChI=1S/C16H25NO2/c1-4-12(3)10-13(5-2)17-14-6-7-15-16(11-14)19-9-8-18-15/h6-7,11-13,17H,4-5,8-10H2,1-3H3. The highest BCUT2D eigenvalue weighted by atomic mass is 16.6. The Morgan fingerprint density at radius 3 is 2.53 bits per heavy atom. The quantitative estimate of drug-likeness (QED) is 0.838. The van der Waals surface area contributed by atoms with Gasteiger partial charge in [-0.25, -0.2) is 0 Å². The van der Waals surface area contributed by atoms with Crippen molar-refractivity contribution in [3.8, 4) is 11.5 Å². The van der Waals surface area contributed by atoms with Gasteiger partial charge in [0.25, 0.3) is 0 Å². The number of benzene rings is 1. The zero-order valence-corrected chi connectivity index (χ0v) is 12.2. The molecule has 2 atom stereocenters. The first-order chi connectivity index (χ1) is 9.22. The van der Waals surface area contributed by atoms with E-state index in [2.05, 4.69) is 32.2 Å². The summed E-state index contributed by atoms with van der Waals surface area (Å²) in [5, 5.41) is 3.61. The van der Waals surface area contributed by atoms with E-state index in [4.69, 9.17) is 9.47 Å². The molecule has 0 saturated carbocycles. The van der Waals surface area contributed by atoms with Gasteiger partial charge in [-0.05, 0) is 30.9 Å². The van der Waals surface area contributed by atoms with Crippen molar-refractivity contribution in [3.05, 3.63) is 18.2 Å². The molecule has 0 bridgehead atoms. The monoisotopic (exact) mass is 263 g/mol. The second-order valence-corrected chi connectivity index (χ2v) is 5.36. The SMILES string of the molecule is CCC(C)CC(CC)Nc1ccc2c(c1)OCCO2. The molecule has 2 unspecified atom stereocenters. The average molecular weight is 263 g/mol. The van der Waals surface area contributed by atoms with Gasteiger partial charge in [-0.15, -0.1) is 0 Å². The van der Waals surface area contributed by atoms with Gasteiger partial charge in [0.05, 0.1) is 0 Å². The van der Waals surface area contributed by atoms with E-state index >= 15 is 0 Å². The van der Waals surface area contributed by atoms with Gasteiger partial charge >= 0.3 is 0 Å². The molecule has 0 aliphatic carbocycles. The van der Waals surface area contributed by atoms with Crippen molar-refractivity contribution in [2.75, 3.05) is 18.5 Å². The molecular weight excluding hydrogens is 238 g/mol. The second-order valence-electron chi connectivity index (χ2n) is 5.36. The lowest BCUT2D eigenvalue weighted by molar-refractivity contribution is 0.171. The number of nitrogens with one attached hydrogen (secondary N) is 1. The Morgan fingerprint density at radius 1 is 1.11 bits per heavy atom. The van der Waals surface area contributed by atoms with Crippen molar-refractivity contribution in [2.24, 2.45) is 5.92 Å². The zero-order chi connectivity index (χ0) is 13.7. The molecule has 1 aliphatic rings. The van der Waals surface area contributed by atoms with Crippen LogP contribution in [0.3, 0.4) is 0 Å². The molecule has 0 fully saturated rings. The summed E-state index contributed by atoms with van der Waals surface area (Å²) in [4.78, 5) is 0. The summed E-state index contributed by atoms with van der Waals surface area (Å²) in [6, 6.07) is 6.64. The van der Waals surface area contributed by atoms with Crippen molar-refractivity contribution >= 4 is 5.69 Å². The van der Waals surface area contributed by atoms with Crippen LogP contribution in [-0.2, 0) is 0 Å². The van der Waals surface area contributed by atoms with Crippen LogP contribution in [0.5, 0.6) is 11.5 Å². The van der Waals surface area contributed by atoms with Crippen LogP contribution in [0.4, 0.5) is 5.69 Å². The number of rotatable bonds is 6. The third kappa shape index (κ3) is 3.79. The maximum Gasteiger partial charge on any atom is 0.163 e. The summed E-state index contributed by atoms with van der Waals surface area (Å²) in [5.74, 6) is 2.47. The van der Waals surface area contributed by atoms with Crippen molar-refractivity contribution in [3.63, 3.8) is 0 Å². The number of ether oxygens (including phenoxy) is 2. The highest BCUT2D eigenvalue weighted by Crippen LogP contribution is 2.33. The first-order valence-electron chi connectivity index (χ1n) is 7.39. The molecule has 0 spiro atoms. The first kappa shape index (κ1) is 14.0. The normalized spacial score (nSPS) is 16.8. The van der Waals surface area contributed by atoms with Gasteiger partial charge in [-0.1, -0.05) is 27.2 Å². The molecule has 1 aromatic carbocycles. The Morgan fingerprint density at radius 2 is 1.84 bits per heavy atom. The minimum absolute atomic E-state index is 0.525. The Balaban J connectivity index is 2.01. The lowest BCUT2D eigenvalue weighted by Gasteiger charge is -2.23. The predicted molar refractivity (Wildman–Crippen MR) is 79.2 cm³/mol. The number of anilines is 1. The summed E-state index contributed by atoms with van der Waals surface area (Å²) >= 11 is 0. The molecule has 1 N–H and O–H groups in total. The van der Waals surface area contributed by atoms with Crippen molar-refractivity contribution in [2.45, 2.75) is 46.1 Å². The van der Waals surface area contributed by atoms with Gasteiger partial charge in [0, 0.05) is 17.8 Å². The van der Waals surface area contributed by atoms with E-state index in [0.717, 1.165) is 29.5 Å². The number of hydrogen-bond acceptors (Lipinski definition) is 3. The summed E-state index contributed by atoms with van der Waals surface area (Å²) in [7, 11) is 0. The van der Waals surface area contributed by atoms with E-state index in [1.807, 2.05) is 12.1 Å². The smallest absolute Gasteiger partial charge is 0.163 e. The molecule has 0 amide bonds. The first-order valence-corrected chi connectivity index (χ1v) is 7.39. The molecule has 1 aliphatic heterocycles. The fourth-order valence-electron chi connectivity index (χ4n) is 2.35. The van der Waals surface area contributed by atoms with Crippen LogP contribution in [-0.4, -0.2) is 19.3 Å². The molecule has 0 aromatic heterocycles. The molecular formula is C16H25NO2. The lowest BCUT2D eigenvalue weighted by Crippen LogP contribution is -2.21. The molecule has 1 aromatic rings. The van der Waals surface area contributed by atoms with Gasteiger partial charge in [0.15, 0.2) is 11.5 Å². The van der Waals surface area contributed by atoms with Crippen molar-refractivity contribution < 1.29 is 9.47 Å². The van der Waals surface area contributed by atoms with E-state index in [0.29, 0.717) is 19.3 Å². The maximum absolute atomic E-state index is 5.62. The highest BCUT2D eigenvalue weighted by molar-refractivity contribution is 5.55. The fourth-order valence-corrected chi connectivity index (χ4v) is 2.35. The fraction of sp³-hybridized carbons (Fsp3) is 0.625. The predicted octanol–water partition coefficient (Wildman–Crippen LogP) is 4.08. The third-order valence-corrected chi connectivity index (χ3v) is 3.79. The molecule has 3 heteroatoms. The molecule has 1 heterocycles. The van der Waals surface area contributed by atoms with E-state index in [1.165, 1.54) is 12.8 Å². The lowest BCUT2D eigenvalue weighted by atomic mass is 9.97. The zero-order valence-electron chi connectivity index (χ0n) is 12.2. The van der Waals surface area contributed by atoms with Gasteiger partial charge in [-0.2, -0.15) is 0 Å². The van der Waals surface area contributed by atoms with Gasteiger partial charge in [0.2, 0.25) is 0 Å². The summed E-state index contributed by atoms with van der Waals surface area (Å²) in [5.41, 5.74) is 1.12. The summed E-state index contributed by atoms with van der Waals surface area (Å²) in [6.45, 7) is 8.08. The van der Waals surface area contributed by atoms with Crippen LogP contribution in [0.25, 0.3) is 0 Å². The highest BCUT2D eigenvalue weighted by Gasteiger charge is 2.14. The maximum atomic E-state index is 5.62. The number of hydrogen-bond donors (Lipinski definition) is 1. The Hall–Kier alpha value is -1.38. The van der Waals surface area contributed by atoms with Crippen LogP contribution in [0.1, 0.15) is 40.0 Å². The second kappa shape index (κ2) is 6.69. The molecule has 19 heavy (non-hydrogen) atoms. The van der Waals surface area contributed by atoms with E-state index in [-0.39, 0.29) is 0 Å². The number of fused-ring (bicyclic) bond motifs is 1. The Labute approximate surface area is 116 Å². The average Bonchev–Trinajstić information content (AvgIpc) is 2.46. The Bertz CT molecular complexity index is 406. The van der Waals surface area contributed by atoms with E-state index < -0.39 is 0 Å². The van der Waals surface area contributed by atoms with E-state index in [1.54, 1.807) is 0 Å². The van der Waals surface area contributed by atoms with Gasteiger partial charge < -0.3 is 14.8 Å². The molecule has 0 saturated heterocycles. The van der Waals surface area contributed by atoms with Crippen LogP contribution in [0, 0.1) is 5.92 Å². The van der Waals surface area contributed by atoms with Crippen LogP contribution >= 0.6 is 0 Å². The molecule has 2 rings (SSSR count). The van der Waals surface area contributed by atoms with Crippen LogP contribution < -0.4 is 14.8 Å². The van der Waals surface area contributed by atoms with Crippen LogP contribution in [0.2, 0.25) is 0 Å². The molecule has 106 valence electrons. The minimum atomic E-state index is 0.525. The largest absolute Gasteiger partial charge is 0.486 e. The molecule has 3 nitrogen and oxygen atoms in total. The minimum Gasteiger partial charge on any atom is -0.486 e. The molecule has 0 radical (unpaired) electrons. The van der Waals surface area contributed by atoms with Crippen molar-refractivity contribution in [1.29, 1.82) is 0 Å². The summed E-state index contributed by atoms with van der Waals surface area (Å²) < 4.78 is 11.2. The summed E-state index contributed by atoms with van der Waals surface area (Å²) in [6.07, 6.45) is 3.58. The van der Waals surface area contributed by atoms with Gasteiger partial charge in [0.1, 0.15) is 13.2 Å². The van der Waals surface area contributed by atoms with Crippen LogP contribution in [0.15, 0.2) is 18.2 Å². The third-order valence-electron chi connectivity index (χ3n) is 3.79. The topological polar surface area (TPSA) is 30.5 Å². The van der Waals surface area contributed by atoms with Gasteiger partial charge in [-0.3, -0.25) is 0 Å². The van der Waals surface area contributed by atoms with E-state index in [9.17, 15) is 0 Å².